The third-order valence-electron chi connectivity index (χ3n) is 2.28. The number of aldehydes is 1. The van der Waals surface area contributed by atoms with Crippen molar-refractivity contribution in [2.45, 2.75) is 0 Å². The molecule has 0 saturated carbocycles. The topological polar surface area (TPSA) is 55.0 Å². The maximum atomic E-state index is 13.7. The number of aromatic nitrogens is 2. The van der Waals surface area contributed by atoms with E-state index in [1.807, 2.05) is 0 Å². The number of H-pyrrole nitrogens is 1. The lowest BCUT2D eigenvalue weighted by molar-refractivity contribution is 0.112. The Kier molecular flexibility index (Phi) is 2.86. The third-order valence-corrected chi connectivity index (χ3v) is 2.28. The molecule has 0 fully saturated rings. The Morgan fingerprint density at radius 2 is 2.12 bits per heavy atom. The van der Waals surface area contributed by atoms with Crippen LogP contribution in [0, 0.1) is 11.6 Å². The van der Waals surface area contributed by atoms with E-state index in [1.165, 1.54) is 13.4 Å². The highest BCUT2D eigenvalue weighted by Crippen LogP contribution is 2.28. The van der Waals surface area contributed by atoms with Crippen LogP contribution in [0.2, 0.25) is 0 Å². The summed E-state index contributed by atoms with van der Waals surface area (Å²) in [5, 5.41) is 0. The molecule has 0 radical (unpaired) electrons. The van der Waals surface area contributed by atoms with Gasteiger partial charge in [-0.1, -0.05) is 0 Å². The van der Waals surface area contributed by atoms with E-state index in [2.05, 4.69) is 14.7 Å². The van der Waals surface area contributed by atoms with Gasteiger partial charge in [-0.3, -0.25) is 4.79 Å². The predicted molar refractivity (Wildman–Crippen MR) is 55.9 cm³/mol. The normalized spacial score (nSPS) is 10.3. The van der Waals surface area contributed by atoms with Crippen LogP contribution in [-0.2, 0) is 0 Å². The highest BCUT2D eigenvalue weighted by Gasteiger charge is 2.16. The van der Waals surface area contributed by atoms with E-state index in [0.717, 1.165) is 12.1 Å². The van der Waals surface area contributed by atoms with Gasteiger partial charge in [-0.2, -0.15) is 0 Å². The molecule has 1 heterocycles. The molecule has 2 rings (SSSR count). The minimum absolute atomic E-state index is 0.0686. The van der Waals surface area contributed by atoms with Gasteiger partial charge in [0.25, 0.3) is 0 Å². The summed E-state index contributed by atoms with van der Waals surface area (Å²) in [4.78, 5) is 17.0. The molecule has 1 aromatic carbocycles. The zero-order chi connectivity index (χ0) is 12.4. The van der Waals surface area contributed by atoms with Crippen molar-refractivity contribution >= 4 is 6.29 Å². The smallest absolute Gasteiger partial charge is 0.168 e. The van der Waals surface area contributed by atoms with E-state index >= 15 is 0 Å². The lowest BCUT2D eigenvalue weighted by Gasteiger charge is -2.05. The summed E-state index contributed by atoms with van der Waals surface area (Å²) in [6, 6.07) is 1.85. The van der Waals surface area contributed by atoms with Crippen molar-refractivity contribution in [3.8, 4) is 17.0 Å². The average molecular weight is 238 g/mol. The van der Waals surface area contributed by atoms with Crippen LogP contribution in [0.4, 0.5) is 8.78 Å². The second-order valence-corrected chi connectivity index (χ2v) is 3.25. The zero-order valence-electron chi connectivity index (χ0n) is 8.83. The quantitative estimate of drug-likeness (QED) is 0.834. The van der Waals surface area contributed by atoms with Gasteiger partial charge in [0.1, 0.15) is 17.2 Å². The van der Waals surface area contributed by atoms with E-state index in [0.29, 0.717) is 6.29 Å². The largest absolute Gasteiger partial charge is 0.494 e. The van der Waals surface area contributed by atoms with Gasteiger partial charge in [0.2, 0.25) is 0 Å². The predicted octanol–water partition coefficient (Wildman–Crippen LogP) is 2.18. The minimum atomic E-state index is -0.719. The van der Waals surface area contributed by atoms with Crippen molar-refractivity contribution in [3.63, 3.8) is 0 Å². The number of methoxy groups -OCH3 is 1. The molecule has 0 atom stereocenters. The lowest BCUT2D eigenvalue weighted by Crippen LogP contribution is -1.95. The van der Waals surface area contributed by atoms with E-state index in [1.54, 1.807) is 0 Å². The highest BCUT2D eigenvalue weighted by atomic mass is 19.1. The van der Waals surface area contributed by atoms with E-state index in [4.69, 9.17) is 0 Å². The number of hydrogen-bond donors (Lipinski definition) is 1. The van der Waals surface area contributed by atoms with E-state index < -0.39 is 11.6 Å². The summed E-state index contributed by atoms with van der Waals surface area (Å²) in [6.45, 7) is 0. The molecule has 1 aromatic heterocycles. The van der Waals surface area contributed by atoms with Gasteiger partial charge < -0.3 is 9.72 Å². The molecule has 4 nitrogen and oxygen atoms in total. The standard InChI is InChI=1S/C11H8F2N2O2/c1-17-10-3-7(12)6(2-8(10)13)11-9(4-16)14-5-15-11/h2-5H,1H3,(H,14,15). The molecule has 17 heavy (non-hydrogen) atoms. The van der Waals surface area contributed by atoms with Crippen molar-refractivity contribution in [2.75, 3.05) is 7.11 Å². The lowest BCUT2D eigenvalue weighted by atomic mass is 10.1. The summed E-state index contributed by atoms with van der Waals surface area (Å²) < 4.78 is 31.8. The molecule has 0 aliphatic heterocycles. The molecule has 1 N–H and O–H groups in total. The molecule has 2 aromatic rings. The number of rotatable bonds is 3. The fourth-order valence-corrected chi connectivity index (χ4v) is 1.48. The van der Waals surface area contributed by atoms with Gasteiger partial charge in [-0.15, -0.1) is 0 Å². The summed E-state index contributed by atoms with van der Waals surface area (Å²) in [5.74, 6) is -1.63. The van der Waals surface area contributed by atoms with Gasteiger partial charge in [0.15, 0.2) is 17.9 Å². The minimum Gasteiger partial charge on any atom is -0.494 e. The Bertz CT molecular complexity index is 567. The molecule has 0 saturated heterocycles. The second kappa shape index (κ2) is 4.32. The zero-order valence-corrected chi connectivity index (χ0v) is 8.83. The van der Waals surface area contributed by atoms with Crippen LogP contribution in [0.25, 0.3) is 11.3 Å². The van der Waals surface area contributed by atoms with Crippen molar-refractivity contribution in [3.05, 3.63) is 35.8 Å². The highest BCUT2D eigenvalue weighted by molar-refractivity contribution is 5.83. The van der Waals surface area contributed by atoms with Crippen molar-refractivity contribution in [2.24, 2.45) is 0 Å². The molecule has 88 valence electrons. The fraction of sp³-hybridized carbons (Fsp3) is 0.0909. The summed E-state index contributed by atoms with van der Waals surface area (Å²) in [7, 11) is 1.24. The van der Waals surface area contributed by atoms with Crippen molar-refractivity contribution in [1.29, 1.82) is 0 Å². The summed E-state index contributed by atoms with van der Waals surface area (Å²) in [6.07, 6.45) is 1.73. The molecular weight excluding hydrogens is 230 g/mol. The first kappa shape index (κ1) is 11.3. The molecule has 0 aliphatic carbocycles. The first-order valence-electron chi connectivity index (χ1n) is 4.69. The molecule has 0 bridgehead atoms. The van der Waals surface area contributed by atoms with Crippen LogP contribution in [0.1, 0.15) is 10.5 Å². The van der Waals surface area contributed by atoms with Gasteiger partial charge in [-0.05, 0) is 6.07 Å². The summed E-state index contributed by atoms with van der Waals surface area (Å²) in [5.41, 5.74) is 0.0687. The number of halogens is 2. The SMILES string of the molecule is COc1cc(F)c(-c2nc[nH]c2C=O)cc1F. The van der Waals surface area contributed by atoms with Crippen LogP contribution in [-0.4, -0.2) is 23.4 Å². The molecule has 0 amide bonds. The number of hydrogen-bond acceptors (Lipinski definition) is 3. The molecule has 0 aliphatic rings. The number of imidazole rings is 1. The van der Waals surface area contributed by atoms with E-state index in [-0.39, 0.29) is 22.7 Å². The number of aromatic amines is 1. The Morgan fingerprint density at radius 3 is 2.76 bits per heavy atom. The maximum absolute atomic E-state index is 13.7. The van der Waals surface area contributed by atoms with Crippen LogP contribution in [0.5, 0.6) is 5.75 Å². The van der Waals surface area contributed by atoms with Crippen LogP contribution >= 0.6 is 0 Å². The first-order valence-corrected chi connectivity index (χ1v) is 4.69. The fourth-order valence-electron chi connectivity index (χ4n) is 1.48. The number of nitrogens with one attached hydrogen (secondary N) is 1. The van der Waals surface area contributed by atoms with Crippen molar-refractivity contribution in [1.82, 2.24) is 9.97 Å². The Labute approximate surface area is 95.3 Å². The Morgan fingerprint density at radius 1 is 1.35 bits per heavy atom. The van der Waals surface area contributed by atoms with Gasteiger partial charge in [0, 0.05) is 11.6 Å². The number of benzene rings is 1. The van der Waals surface area contributed by atoms with Gasteiger partial charge in [0.05, 0.1) is 13.4 Å². The van der Waals surface area contributed by atoms with Gasteiger partial charge >= 0.3 is 0 Å². The second-order valence-electron chi connectivity index (χ2n) is 3.25. The molecule has 6 heteroatoms. The first-order chi connectivity index (χ1) is 8.17. The van der Waals surface area contributed by atoms with Crippen LogP contribution < -0.4 is 4.74 Å². The van der Waals surface area contributed by atoms with Gasteiger partial charge in [-0.25, -0.2) is 13.8 Å². The van der Waals surface area contributed by atoms with Crippen LogP contribution in [0.3, 0.4) is 0 Å². The average Bonchev–Trinajstić information content (AvgIpc) is 2.79. The number of carbonyl (C=O) groups is 1. The van der Waals surface area contributed by atoms with Crippen LogP contribution in [0.15, 0.2) is 18.5 Å². The van der Waals surface area contributed by atoms with Crippen molar-refractivity contribution < 1.29 is 18.3 Å². The molecule has 0 spiro atoms. The number of carbonyl (C=O) groups excluding carboxylic acids is 1. The Hall–Kier alpha value is -2.24. The number of ether oxygens (including phenoxy) is 1. The molecular formula is C11H8F2N2O2. The monoisotopic (exact) mass is 238 g/mol. The Balaban J connectivity index is 2.60. The molecule has 0 unspecified atom stereocenters. The number of nitrogens with zero attached hydrogens (tertiary/aromatic N) is 1. The maximum Gasteiger partial charge on any atom is 0.168 e. The third kappa shape index (κ3) is 1.89. The van der Waals surface area contributed by atoms with E-state index in [9.17, 15) is 13.6 Å². The summed E-state index contributed by atoms with van der Waals surface area (Å²) >= 11 is 0.